The number of nitrogens with zero attached hydrogens (tertiary/aromatic N) is 1. The van der Waals surface area contributed by atoms with Gasteiger partial charge in [0.1, 0.15) is 11.7 Å². The molecule has 1 aromatic rings. The van der Waals surface area contributed by atoms with Gasteiger partial charge in [-0.25, -0.2) is 4.39 Å². The molecule has 0 aliphatic rings. The summed E-state index contributed by atoms with van der Waals surface area (Å²) < 4.78 is 13.4. The van der Waals surface area contributed by atoms with E-state index >= 15 is 0 Å². The lowest BCUT2D eigenvalue weighted by Gasteiger charge is -2.13. The average molecular weight is 290 g/mol. The maximum Gasteiger partial charge on any atom is 0.143 e. The zero-order chi connectivity index (χ0) is 12.1. The first kappa shape index (κ1) is 12.8. The highest BCUT2D eigenvalue weighted by atomic mass is 79.9. The Kier molecular flexibility index (Phi) is 4.54. The van der Waals surface area contributed by atoms with Gasteiger partial charge in [0.2, 0.25) is 0 Å². The van der Waals surface area contributed by atoms with Crippen LogP contribution in [0.5, 0.6) is 0 Å². The van der Waals surface area contributed by atoms with Crippen molar-refractivity contribution in [3.05, 3.63) is 28.5 Å². The second kappa shape index (κ2) is 5.69. The molecule has 1 aromatic carbocycles. The Morgan fingerprint density at radius 2 is 2.38 bits per heavy atom. The number of rotatable bonds is 4. The molecule has 0 spiro atoms. The molecule has 1 rings (SSSR count). The van der Waals surface area contributed by atoms with Gasteiger partial charge < -0.3 is 16.3 Å². The van der Waals surface area contributed by atoms with Crippen molar-refractivity contribution in [3.8, 4) is 0 Å². The zero-order valence-electron chi connectivity index (χ0n) is 8.74. The van der Waals surface area contributed by atoms with Crippen LogP contribution in [0.4, 0.5) is 10.1 Å². The standard InChI is InChI=1S/C10H13BrFN3O/c1-6(10(13)15-16)5-14-9-3-2-7(12)4-8(9)11/h2-4,6,14,16H,5H2,1H3,(H2,13,15). The Balaban J connectivity index is 2.61. The minimum absolute atomic E-state index is 0.109. The molecular formula is C10H13BrFN3O. The summed E-state index contributed by atoms with van der Waals surface area (Å²) in [5, 5.41) is 14.5. The van der Waals surface area contributed by atoms with E-state index in [1.807, 2.05) is 6.92 Å². The lowest BCUT2D eigenvalue weighted by Crippen LogP contribution is -2.27. The minimum Gasteiger partial charge on any atom is -0.409 e. The third kappa shape index (κ3) is 3.37. The summed E-state index contributed by atoms with van der Waals surface area (Å²) in [6, 6.07) is 4.36. The predicted molar refractivity (Wildman–Crippen MR) is 65.2 cm³/mol. The summed E-state index contributed by atoms with van der Waals surface area (Å²) in [7, 11) is 0. The van der Waals surface area contributed by atoms with Gasteiger partial charge in [0.15, 0.2) is 0 Å². The molecule has 0 bridgehead atoms. The van der Waals surface area contributed by atoms with Gasteiger partial charge in [-0.3, -0.25) is 0 Å². The molecule has 0 heterocycles. The molecule has 4 nitrogen and oxygen atoms in total. The van der Waals surface area contributed by atoms with Crippen LogP contribution >= 0.6 is 15.9 Å². The van der Waals surface area contributed by atoms with E-state index in [9.17, 15) is 4.39 Å². The first-order valence-corrected chi connectivity index (χ1v) is 5.50. The Morgan fingerprint density at radius 1 is 1.69 bits per heavy atom. The van der Waals surface area contributed by atoms with Crippen molar-refractivity contribution in [2.45, 2.75) is 6.92 Å². The Morgan fingerprint density at radius 3 is 2.94 bits per heavy atom. The van der Waals surface area contributed by atoms with Crippen LogP contribution in [-0.4, -0.2) is 17.6 Å². The maximum atomic E-state index is 12.8. The lowest BCUT2D eigenvalue weighted by atomic mass is 10.1. The Bertz CT molecular complexity index is 398. The molecule has 0 aliphatic heterocycles. The first-order valence-electron chi connectivity index (χ1n) is 4.71. The molecule has 1 atom stereocenters. The van der Waals surface area contributed by atoms with Crippen molar-refractivity contribution in [1.82, 2.24) is 0 Å². The van der Waals surface area contributed by atoms with Crippen LogP contribution in [0.3, 0.4) is 0 Å². The smallest absolute Gasteiger partial charge is 0.143 e. The van der Waals surface area contributed by atoms with Crippen LogP contribution in [0.2, 0.25) is 0 Å². The molecule has 6 heteroatoms. The van der Waals surface area contributed by atoms with E-state index in [0.29, 0.717) is 11.0 Å². The van der Waals surface area contributed by atoms with Crippen LogP contribution in [0.15, 0.2) is 27.8 Å². The fourth-order valence-electron chi connectivity index (χ4n) is 1.10. The van der Waals surface area contributed by atoms with Crippen LogP contribution in [0, 0.1) is 11.7 Å². The van der Waals surface area contributed by atoms with Gasteiger partial charge >= 0.3 is 0 Å². The molecule has 0 aliphatic carbocycles. The summed E-state index contributed by atoms with van der Waals surface area (Å²) in [5.74, 6) is -0.255. The quantitative estimate of drug-likeness (QED) is 0.345. The van der Waals surface area contributed by atoms with E-state index in [2.05, 4.69) is 26.4 Å². The van der Waals surface area contributed by atoms with Crippen LogP contribution in [-0.2, 0) is 0 Å². The molecule has 0 fully saturated rings. The van der Waals surface area contributed by atoms with Gasteiger partial charge in [0.25, 0.3) is 0 Å². The number of hydrogen-bond donors (Lipinski definition) is 3. The molecule has 0 amide bonds. The number of nitrogens with one attached hydrogen (secondary N) is 1. The molecular weight excluding hydrogens is 277 g/mol. The number of oxime groups is 1. The lowest BCUT2D eigenvalue weighted by molar-refractivity contribution is 0.315. The molecule has 16 heavy (non-hydrogen) atoms. The third-order valence-corrected chi connectivity index (χ3v) is 2.81. The van der Waals surface area contributed by atoms with Crippen molar-refractivity contribution in [1.29, 1.82) is 0 Å². The summed E-state index contributed by atoms with van der Waals surface area (Å²) >= 11 is 3.24. The molecule has 1 unspecified atom stereocenters. The Labute approximate surface area is 101 Å². The highest BCUT2D eigenvalue weighted by Gasteiger charge is 2.08. The maximum absolute atomic E-state index is 12.8. The number of hydrogen-bond acceptors (Lipinski definition) is 3. The van der Waals surface area contributed by atoms with E-state index in [-0.39, 0.29) is 17.6 Å². The average Bonchev–Trinajstić information content (AvgIpc) is 2.26. The molecule has 0 radical (unpaired) electrons. The number of halogens is 2. The second-order valence-electron chi connectivity index (χ2n) is 3.43. The van der Waals surface area contributed by atoms with Gasteiger partial charge in [-0.2, -0.15) is 0 Å². The van der Waals surface area contributed by atoms with E-state index < -0.39 is 0 Å². The van der Waals surface area contributed by atoms with Crippen molar-refractivity contribution in [3.63, 3.8) is 0 Å². The van der Waals surface area contributed by atoms with Crippen LogP contribution in [0.25, 0.3) is 0 Å². The monoisotopic (exact) mass is 289 g/mol. The van der Waals surface area contributed by atoms with Crippen molar-refractivity contribution >= 4 is 27.5 Å². The van der Waals surface area contributed by atoms with E-state index in [1.165, 1.54) is 12.1 Å². The topological polar surface area (TPSA) is 70.6 Å². The van der Waals surface area contributed by atoms with E-state index in [4.69, 9.17) is 10.9 Å². The molecule has 0 saturated heterocycles. The number of amidine groups is 1. The molecule has 4 N–H and O–H groups in total. The fraction of sp³-hybridized carbons (Fsp3) is 0.300. The zero-order valence-corrected chi connectivity index (χ0v) is 10.3. The minimum atomic E-state index is -0.304. The summed E-state index contributed by atoms with van der Waals surface area (Å²) in [6.07, 6.45) is 0. The van der Waals surface area contributed by atoms with E-state index in [1.54, 1.807) is 6.07 Å². The number of anilines is 1. The highest BCUT2D eigenvalue weighted by molar-refractivity contribution is 9.10. The second-order valence-corrected chi connectivity index (χ2v) is 4.29. The Hall–Kier alpha value is -1.30. The highest BCUT2D eigenvalue weighted by Crippen LogP contribution is 2.23. The van der Waals surface area contributed by atoms with Gasteiger partial charge in [0.05, 0.1) is 0 Å². The summed E-state index contributed by atoms with van der Waals surface area (Å²) in [6.45, 7) is 2.32. The van der Waals surface area contributed by atoms with E-state index in [0.717, 1.165) is 5.69 Å². The van der Waals surface area contributed by atoms with Crippen molar-refractivity contribution in [2.24, 2.45) is 16.8 Å². The van der Waals surface area contributed by atoms with Gasteiger partial charge in [-0.15, -0.1) is 0 Å². The summed E-state index contributed by atoms with van der Waals surface area (Å²) in [4.78, 5) is 0. The normalized spacial score (nSPS) is 13.6. The molecule has 88 valence electrons. The van der Waals surface area contributed by atoms with Crippen molar-refractivity contribution in [2.75, 3.05) is 11.9 Å². The van der Waals surface area contributed by atoms with Gasteiger partial charge in [-0.1, -0.05) is 12.1 Å². The molecule has 0 saturated carbocycles. The predicted octanol–water partition coefficient (Wildman–Crippen LogP) is 2.38. The van der Waals surface area contributed by atoms with Crippen molar-refractivity contribution < 1.29 is 9.60 Å². The largest absolute Gasteiger partial charge is 0.409 e. The van der Waals surface area contributed by atoms with Gasteiger partial charge in [-0.05, 0) is 34.1 Å². The number of benzene rings is 1. The SMILES string of the molecule is CC(CNc1ccc(F)cc1Br)C(N)=NO. The molecule has 0 aromatic heterocycles. The van der Waals surface area contributed by atoms with Crippen LogP contribution < -0.4 is 11.1 Å². The van der Waals surface area contributed by atoms with Crippen LogP contribution in [0.1, 0.15) is 6.92 Å². The third-order valence-electron chi connectivity index (χ3n) is 2.15. The fourth-order valence-corrected chi connectivity index (χ4v) is 1.59. The first-order chi connectivity index (χ1) is 7.54. The summed E-state index contributed by atoms with van der Waals surface area (Å²) in [5.41, 5.74) is 6.19. The van der Waals surface area contributed by atoms with Gasteiger partial charge in [0, 0.05) is 22.6 Å². The number of nitrogens with two attached hydrogens (primary N) is 1.